The number of hydrogen-bond acceptors (Lipinski definition) is 3. The van der Waals surface area contributed by atoms with Crippen molar-refractivity contribution in [1.82, 2.24) is 0 Å². The molecule has 2 aromatic carbocycles. The Balaban J connectivity index is 2.21. The molecule has 0 amide bonds. The first kappa shape index (κ1) is 20.5. The molecular formula is C22H27ClO3. The van der Waals surface area contributed by atoms with Gasteiger partial charge in [0.2, 0.25) is 0 Å². The van der Waals surface area contributed by atoms with E-state index in [0.717, 1.165) is 24.0 Å². The van der Waals surface area contributed by atoms with Crippen LogP contribution in [0.5, 0.6) is 0 Å². The van der Waals surface area contributed by atoms with Crippen LogP contribution in [0.25, 0.3) is 0 Å². The Morgan fingerprint density at radius 1 is 1.04 bits per heavy atom. The Morgan fingerprint density at radius 3 is 2.08 bits per heavy atom. The second kappa shape index (κ2) is 8.70. The third kappa shape index (κ3) is 5.58. The predicted octanol–water partition coefficient (Wildman–Crippen LogP) is 5.91. The van der Waals surface area contributed by atoms with Crippen LogP contribution in [-0.4, -0.2) is 16.7 Å². The van der Waals surface area contributed by atoms with Gasteiger partial charge >= 0.3 is 5.97 Å². The lowest BCUT2D eigenvalue weighted by Gasteiger charge is -2.24. The molecule has 0 bridgehead atoms. The maximum atomic E-state index is 12.2. The van der Waals surface area contributed by atoms with Crippen LogP contribution in [0.4, 0.5) is 0 Å². The van der Waals surface area contributed by atoms with Gasteiger partial charge in [0.1, 0.15) is 5.60 Å². The Hall–Kier alpha value is -1.84. The zero-order valence-electron chi connectivity index (χ0n) is 15.8. The summed E-state index contributed by atoms with van der Waals surface area (Å²) in [6, 6.07) is 14.6. The van der Waals surface area contributed by atoms with Crippen molar-refractivity contribution < 1.29 is 14.6 Å². The molecule has 2 rings (SSSR count). The summed E-state index contributed by atoms with van der Waals surface area (Å²) in [5, 5.41) is 11.5. The Labute approximate surface area is 161 Å². The minimum atomic E-state index is -0.625. The fraction of sp³-hybridized carbons (Fsp3) is 0.409. The molecule has 2 unspecified atom stereocenters. The second-order valence-corrected chi connectivity index (χ2v) is 7.95. The molecule has 140 valence electrons. The molecule has 0 fully saturated rings. The molecule has 0 radical (unpaired) electrons. The van der Waals surface area contributed by atoms with Crippen molar-refractivity contribution in [3.8, 4) is 0 Å². The Kier molecular flexibility index (Phi) is 6.85. The summed E-state index contributed by atoms with van der Waals surface area (Å²) in [5.41, 5.74) is 1.83. The van der Waals surface area contributed by atoms with Gasteiger partial charge in [-0.15, -0.1) is 0 Å². The van der Waals surface area contributed by atoms with Gasteiger partial charge in [0.25, 0.3) is 0 Å². The maximum absolute atomic E-state index is 12.2. The standard InChI is InChI=1S/C22H27ClO3/c1-5-6-19(20(24)16-11-13-18(23)14-12-16)15-7-9-17(10-8-15)21(25)26-22(2,3)4/h7-14,19-20,24H,5-6H2,1-4H3. The van der Waals surface area contributed by atoms with E-state index in [1.54, 1.807) is 24.3 Å². The number of aliphatic hydroxyl groups is 1. The van der Waals surface area contributed by atoms with Gasteiger partial charge in [-0.05, 0) is 62.6 Å². The number of esters is 1. The minimum Gasteiger partial charge on any atom is -0.456 e. The Bertz CT molecular complexity index is 715. The van der Waals surface area contributed by atoms with Gasteiger partial charge in [-0.1, -0.05) is 49.2 Å². The average Bonchev–Trinajstić information content (AvgIpc) is 2.58. The van der Waals surface area contributed by atoms with Crippen molar-refractivity contribution in [3.63, 3.8) is 0 Å². The fourth-order valence-corrected chi connectivity index (χ4v) is 3.04. The minimum absolute atomic E-state index is 0.0473. The smallest absolute Gasteiger partial charge is 0.338 e. The summed E-state index contributed by atoms with van der Waals surface area (Å²) in [7, 11) is 0. The highest BCUT2D eigenvalue weighted by atomic mass is 35.5. The number of carbonyl (C=O) groups is 1. The molecule has 2 aromatic rings. The van der Waals surface area contributed by atoms with E-state index in [1.165, 1.54) is 0 Å². The van der Waals surface area contributed by atoms with Crippen LogP contribution in [0.3, 0.4) is 0 Å². The van der Waals surface area contributed by atoms with E-state index in [4.69, 9.17) is 16.3 Å². The normalized spacial score (nSPS) is 13.9. The fourth-order valence-electron chi connectivity index (χ4n) is 2.91. The monoisotopic (exact) mass is 374 g/mol. The number of rotatable bonds is 6. The third-order valence-electron chi connectivity index (χ3n) is 4.17. The van der Waals surface area contributed by atoms with Gasteiger partial charge in [0.15, 0.2) is 0 Å². The molecular weight excluding hydrogens is 348 g/mol. The molecule has 0 spiro atoms. The van der Waals surface area contributed by atoms with Crippen LogP contribution in [0.2, 0.25) is 5.02 Å². The molecule has 0 aromatic heterocycles. The maximum Gasteiger partial charge on any atom is 0.338 e. The first-order chi connectivity index (χ1) is 12.2. The second-order valence-electron chi connectivity index (χ2n) is 7.52. The molecule has 0 aliphatic carbocycles. The number of ether oxygens (including phenoxy) is 1. The van der Waals surface area contributed by atoms with E-state index in [1.807, 2.05) is 45.0 Å². The van der Waals surface area contributed by atoms with Crippen LogP contribution in [0.1, 0.15) is 74.0 Å². The lowest BCUT2D eigenvalue weighted by molar-refractivity contribution is 0.00695. The predicted molar refractivity (Wildman–Crippen MR) is 106 cm³/mol. The molecule has 0 heterocycles. The third-order valence-corrected chi connectivity index (χ3v) is 4.42. The summed E-state index contributed by atoms with van der Waals surface area (Å²) in [6.07, 6.45) is 1.17. The molecule has 1 N–H and O–H groups in total. The van der Waals surface area contributed by atoms with Crippen LogP contribution >= 0.6 is 11.6 Å². The lowest BCUT2D eigenvalue weighted by atomic mass is 9.85. The van der Waals surface area contributed by atoms with E-state index >= 15 is 0 Å². The highest BCUT2D eigenvalue weighted by molar-refractivity contribution is 6.30. The molecule has 2 atom stereocenters. The zero-order valence-corrected chi connectivity index (χ0v) is 16.6. The van der Waals surface area contributed by atoms with E-state index in [2.05, 4.69) is 6.92 Å². The number of halogens is 1. The van der Waals surface area contributed by atoms with E-state index in [-0.39, 0.29) is 11.9 Å². The van der Waals surface area contributed by atoms with E-state index in [9.17, 15) is 9.90 Å². The summed E-state index contributed by atoms with van der Waals surface area (Å²) in [5.74, 6) is -0.386. The van der Waals surface area contributed by atoms with Crippen LogP contribution in [0.15, 0.2) is 48.5 Å². The number of carbonyl (C=O) groups excluding carboxylic acids is 1. The van der Waals surface area contributed by atoms with Crippen molar-refractivity contribution in [2.45, 2.75) is 58.2 Å². The summed E-state index contributed by atoms with van der Waals surface area (Å²) in [4.78, 5) is 12.2. The molecule has 0 saturated heterocycles. The van der Waals surface area contributed by atoms with Gasteiger partial charge in [0.05, 0.1) is 11.7 Å². The number of aliphatic hydroxyl groups excluding tert-OH is 1. The van der Waals surface area contributed by atoms with E-state index < -0.39 is 11.7 Å². The van der Waals surface area contributed by atoms with Crippen LogP contribution in [0, 0.1) is 0 Å². The summed E-state index contributed by atoms with van der Waals surface area (Å²) >= 11 is 5.94. The summed E-state index contributed by atoms with van der Waals surface area (Å²) < 4.78 is 5.40. The summed E-state index contributed by atoms with van der Waals surface area (Å²) in [6.45, 7) is 7.63. The zero-order chi connectivity index (χ0) is 19.3. The van der Waals surface area contributed by atoms with Gasteiger partial charge in [-0.25, -0.2) is 4.79 Å². The number of benzene rings is 2. The van der Waals surface area contributed by atoms with Crippen LogP contribution in [-0.2, 0) is 4.74 Å². The highest BCUT2D eigenvalue weighted by Gasteiger charge is 2.23. The van der Waals surface area contributed by atoms with Gasteiger partial charge in [-0.3, -0.25) is 0 Å². The molecule has 26 heavy (non-hydrogen) atoms. The van der Waals surface area contributed by atoms with Crippen molar-refractivity contribution in [1.29, 1.82) is 0 Å². The van der Waals surface area contributed by atoms with E-state index in [0.29, 0.717) is 10.6 Å². The molecule has 4 heteroatoms. The van der Waals surface area contributed by atoms with Gasteiger partial charge < -0.3 is 9.84 Å². The molecule has 0 saturated carbocycles. The SMILES string of the molecule is CCCC(c1ccc(C(=O)OC(C)(C)C)cc1)C(O)c1ccc(Cl)cc1. The topological polar surface area (TPSA) is 46.5 Å². The molecule has 0 aliphatic heterocycles. The van der Waals surface area contributed by atoms with Crippen molar-refractivity contribution in [3.05, 3.63) is 70.2 Å². The highest BCUT2D eigenvalue weighted by Crippen LogP contribution is 2.35. The average molecular weight is 375 g/mol. The largest absolute Gasteiger partial charge is 0.456 e. The van der Waals surface area contributed by atoms with Crippen molar-refractivity contribution >= 4 is 17.6 Å². The molecule has 0 aliphatic rings. The van der Waals surface area contributed by atoms with Crippen molar-refractivity contribution in [2.24, 2.45) is 0 Å². The van der Waals surface area contributed by atoms with Crippen molar-refractivity contribution in [2.75, 3.05) is 0 Å². The van der Waals surface area contributed by atoms with Crippen LogP contribution < -0.4 is 0 Å². The first-order valence-corrected chi connectivity index (χ1v) is 9.36. The lowest BCUT2D eigenvalue weighted by Crippen LogP contribution is -2.23. The molecule has 3 nitrogen and oxygen atoms in total. The quantitative estimate of drug-likeness (QED) is 0.639. The number of hydrogen-bond donors (Lipinski definition) is 1. The Morgan fingerprint density at radius 2 is 1.58 bits per heavy atom. The van der Waals surface area contributed by atoms with Gasteiger partial charge in [-0.2, -0.15) is 0 Å². The van der Waals surface area contributed by atoms with Gasteiger partial charge in [0, 0.05) is 10.9 Å². The first-order valence-electron chi connectivity index (χ1n) is 8.98.